The quantitative estimate of drug-likeness (QED) is 0.779. The van der Waals surface area contributed by atoms with Crippen LogP contribution in [0.4, 0.5) is 0 Å². The number of carbonyl (C=O) groups is 1. The molecule has 1 aromatic carbocycles. The molecule has 0 spiro atoms. The normalized spacial score (nSPS) is 24.1. The number of carbonyl (C=O) groups excluding carboxylic acids is 1. The van der Waals surface area contributed by atoms with Gasteiger partial charge in [0.05, 0.1) is 12.2 Å². The van der Waals surface area contributed by atoms with Crippen molar-refractivity contribution in [3.63, 3.8) is 0 Å². The number of hydrogen-bond donors (Lipinski definition) is 0. The van der Waals surface area contributed by atoms with Crippen molar-refractivity contribution >= 4 is 23.6 Å². The molecule has 2 atom stereocenters. The third kappa shape index (κ3) is 3.95. The maximum absolute atomic E-state index is 12.3. The molecule has 0 saturated carbocycles. The first kappa shape index (κ1) is 16.1. The van der Waals surface area contributed by atoms with Gasteiger partial charge in [-0.1, -0.05) is 17.7 Å². The lowest BCUT2D eigenvalue weighted by Gasteiger charge is -2.34. The monoisotopic (exact) mass is 333 g/mol. The van der Waals surface area contributed by atoms with Crippen molar-refractivity contribution in [2.45, 2.75) is 26.1 Å². The molecule has 1 amide bonds. The molecule has 0 N–H and O–H groups in total. The second-order valence-electron chi connectivity index (χ2n) is 6.02. The van der Waals surface area contributed by atoms with Gasteiger partial charge in [-0.15, -0.1) is 0 Å². The molecule has 122 valence electrons. The molecule has 5 heteroatoms. The van der Waals surface area contributed by atoms with Gasteiger partial charge in [-0.2, -0.15) is 0 Å². The Balaban J connectivity index is 1.69. The van der Waals surface area contributed by atoms with Gasteiger partial charge in [0.1, 0.15) is 12.4 Å². The molecule has 23 heavy (non-hydrogen) atoms. The Labute approximate surface area is 141 Å². The second-order valence-corrected chi connectivity index (χ2v) is 6.46. The largest absolute Gasteiger partial charge is 0.488 e. The Morgan fingerprint density at radius 1 is 1.30 bits per heavy atom. The van der Waals surface area contributed by atoms with Crippen LogP contribution in [0.3, 0.4) is 0 Å². The highest BCUT2D eigenvalue weighted by molar-refractivity contribution is 6.30. The van der Waals surface area contributed by atoms with E-state index < -0.39 is 0 Å². The van der Waals surface area contributed by atoms with Crippen LogP contribution in [0.15, 0.2) is 35.9 Å². The van der Waals surface area contributed by atoms with E-state index in [0.29, 0.717) is 24.7 Å². The zero-order chi connectivity index (χ0) is 16.4. The highest BCUT2D eigenvalue weighted by atomic mass is 35.5. The minimum absolute atomic E-state index is 0.00444. The number of benzene rings is 1. The van der Waals surface area contributed by atoms with Crippen molar-refractivity contribution in [3.8, 4) is 5.75 Å². The number of hydrogen-bond acceptors (Lipinski definition) is 3. The Morgan fingerprint density at radius 3 is 2.78 bits per heavy atom. The third-order valence-corrected chi connectivity index (χ3v) is 4.11. The van der Waals surface area contributed by atoms with Crippen LogP contribution in [-0.2, 0) is 9.53 Å². The first-order chi connectivity index (χ1) is 11.0. The van der Waals surface area contributed by atoms with E-state index in [1.165, 1.54) is 0 Å². The Hall–Kier alpha value is -1.78. The van der Waals surface area contributed by atoms with Crippen LogP contribution in [0.2, 0.25) is 5.02 Å². The molecule has 0 bridgehead atoms. The summed E-state index contributed by atoms with van der Waals surface area (Å²) in [4.78, 5) is 14.1. The summed E-state index contributed by atoms with van der Waals surface area (Å²) in [5, 5.41) is 0.668. The van der Waals surface area contributed by atoms with Crippen molar-refractivity contribution in [1.29, 1.82) is 0 Å². The Kier molecular flexibility index (Phi) is 4.74. The van der Waals surface area contributed by atoms with Gasteiger partial charge in [0.25, 0.3) is 0 Å². The van der Waals surface area contributed by atoms with Crippen LogP contribution in [0.1, 0.15) is 19.4 Å². The molecule has 1 aromatic rings. The molecule has 3 rings (SSSR count). The molecule has 0 aliphatic carbocycles. The molecule has 2 aliphatic rings. The predicted molar refractivity (Wildman–Crippen MR) is 90.7 cm³/mol. The van der Waals surface area contributed by atoms with Crippen LogP contribution >= 0.6 is 11.6 Å². The summed E-state index contributed by atoms with van der Waals surface area (Å²) < 4.78 is 11.3. The molecule has 4 nitrogen and oxygen atoms in total. The summed E-state index contributed by atoms with van der Waals surface area (Å²) in [5.74, 6) is 0.818. The van der Waals surface area contributed by atoms with E-state index in [4.69, 9.17) is 21.1 Å². The zero-order valence-electron chi connectivity index (χ0n) is 13.3. The summed E-state index contributed by atoms with van der Waals surface area (Å²) in [6, 6.07) is 5.52. The first-order valence-electron chi connectivity index (χ1n) is 7.76. The van der Waals surface area contributed by atoms with Gasteiger partial charge >= 0.3 is 0 Å². The van der Waals surface area contributed by atoms with E-state index in [9.17, 15) is 4.79 Å². The minimum atomic E-state index is 0.00444. The molecule has 1 saturated heterocycles. The predicted octanol–water partition coefficient (Wildman–Crippen LogP) is 3.31. The molecule has 1 fully saturated rings. The fraction of sp³-hybridized carbons (Fsp3) is 0.389. The number of rotatable bonds is 2. The summed E-state index contributed by atoms with van der Waals surface area (Å²) in [7, 11) is 0. The summed E-state index contributed by atoms with van der Waals surface area (Å²) in [5.41, 5.74) is 1.88. The van der Waals surface area contributed by atoms with E-state index in [1.807, 2.05) is 43.0 Å². The van der Waals surface area contributed by atoms with E-state index in [2.05, 4.69) is 0 Å². The average Bonchev–Trinajstić information content (AvgIpc) is 2.51. The Bertz CT molecular complexity index is 658. The summed E-state index contributed by atoms with van der Waals surface area (Å²) >= 11 is 6.01. The maximum Gasteiger partial charge on any atom is 0.246 e. The third-order valence-electron chi connectivity index (χ3n) is 3.88. The van der Waals surface area contributed by atoms with Gasteiger partial charge in [-0.25, -0.2) is 0 Å². The zero-order valence-corrected chi connectivity index (χ0v) is 14.0. The summed E-state index contributed by atoms with van der Waals surface area (Å²) in [6.07, 6.45) is 5.57. The van der Waals surface area contributed by atoms with Crippen molar-refractivity contribution in [2.24, 2.45) is 0 Å². The van der Waals surface area contributed by atoms with Crippen LogP contribution in [0.5, 0.6) is 5.75 Å². The van der Waals surface area contributed by atoms with Crippen molar-refractivity contribution < 1.29 is 14.3 Å². The number of fused-ring (bicyclic) bond motifs is 1. The van der Waals surface area contributed by atoms with Gasteiger partial charge in [-0.3, -0.25) is 4.79 Å². The van der Waals surface area contributed by atoms with Gasteiger partial charge < -0.3 is 14.4 Å². The van der Waals surface area contributed by atoms with Gasteiger partial charge in [0.15, 0.2) is 0 Å². The summed E-state index contributed by atoms with van der Waals surface area (Å²) in [6.45, 7) is 5.67. The average molecular weight is 334 g/mol. The van der Waals surface area contributed by atoms with E-state index >= 15 is 0 Å². The lowest BCUT2D eigenvalue weighted by molar-refractivity contribution is -0.138. The van der Waals surface area contributed by atoms with Gasteiger partial charge in [0, 0.05) is 29.8 Å². The number of ether oxygens (including phenoxy) is 2. The molecular formula is C18H20ClNO3. The Morgan fingerprint density at radius 2 is 2.04 bits per heavy atom. The topological polar surface area (TPSA) is 38.8 Å². The van der Waals surface area contributed by atoms with Crippen molar-refractivity contribution in [2.75, 3.05) is 19.7 Å². The second kappa shape index (κ2) is 6.77. The first-order valence-corrected chi connectivity index (χ1v) is 8.14. The molecule has 2 unspecified atom stereocenters. The smallest absolute Gasteiger partial charge is 0.246 e. The highest BCUT2D eigenvalue weighted by Crippen LogP contribution is 2.29. The van der Waals surface area contributed by atoms with E-state index in [-0.39, 0.29) is 18.1 Å². The van der Waals surface area contributed by atoms with Crippen LogP contribution in [0.25, 0.3) is 6.08 Å². The molecule has 2 aliphatic heterocycles. The maximum atomic E-state index is 12.3. The standard InChI is InChI=1S/C18H20ClNO3/c1-12-9-20(10-13(2)23-12)18(21)6-3-14-7-15-8-16(19)4-5-17(15)22-11-14/h3-8,12-13H,9-11H2,1-2H3/b6-3+. The fourth-order valence-corrected chi connectivity index (χ4v) is 3.08. The van der Waals surface area contributed by atoms with E-state index in [0.717, 1.165) is 16.9 Å². The lowest BCUT2D eigenvalue weighted by atomic mass is 10.1. The van der Waals surface area contributed by atoms with Crippen LogP contribution in [0, 0.1) is 0 Å². The van der Waals surface area contributed by atoms with Gasteiger partial charge in [0.2, 0.25) is 5.91 Å². The number of amides is 1. The fourth-order valence-electron chi connectivity index (χ4n) is 2.90. The highest BCUT2D eigenvalue weighted by Gasteiger charge is 2.24. The SMILES string of the molecule is CC1CN(C(=O)/C=C/C2=Cc3cc(Cl)ccc3OC2)CC(C)O1. The van der Waals surface area contributed by atoms with Crippen LogP contribution in [-0.4, -0.2) is 42.7 Å². The van der Waals surface area contributed by atoms with Crippen molar-refractivity contribution in [3.05, 3.63) is 46.5 Å². The number of nitrogens with zero attached hydrogens (tertiary/aromatic N) is 1. The number of halogens is 1. The van der Waals surface area contributed by atoms with Crippen LogP contribution < -0.4 is 4.74 Å². The molecule has 0 radical (unpaired) electrons. The molecular weight excluding hydrogens is 314 g/mol. The van der Waals surface area contributed by atoms with Crippen molar-refractivity contribution in [1.82, 2.24) is 4.90 Å². The minimum Gasteiger partial charge on any atom is -0.488 e. The van der Waals surface area contributed by atoms with E-state index in [1.54, 1.807) is 12.1 Å². The lowest BCUT2D eigenvalue weighted by Crippen LogP contribution is -2.47. The number of morpholine rings is 1. The molecule has 2 heterocycles. The van der Waals surface area contributed by atoms with Gasteiger partial charge in [-0.05, 0) is 43.7 Å². The molecule has 0 aromatic heterocycles.